The smallest absolute Gasteiger partial charge is 0.0753 e. The van der Waals surface area contributed by atoms with Gasteiger partial charge in [0.2, 0.25) is 0 Å². The Labute approximate surface area is 165 Å². The second-order valence-electron chi connectivity index (χ2n) is 7.53. The first kappa shape index (κ1) is 19.9. The maximum atomic E-state index is 11.3. The van der Waals surface area contributed by atoms with Gasteiger partial charge in [0.05, 0.1) is 10.9 Å². The fourth-order valence-electron chi connectivity index (χ4n) is 4.10. The third-order valence-electron chi connectivity index (χ3n) is 5.16. The van der Waals surface area contributed by atoms with Crippen molar-refractivity contribution in [3.8, 4) is 0 Å². The first-order valence-electron chi connectivity index (χ1n) is 9.72. The molecule has 3 heteroatoms. The van der Waals surface area contributed by atoms with Gasteiger partial charge in [-0.1, -0.05) is 74.5 Å². The molecule has 2 atom stereocenters. The number of aliphatic hydroxyl groups is 1. The van der Waals surface area contributed by atoms with Gasteiger partial charge in [-0.05, 0) is 47.4 Å². The number of hydrogen-bond acceptors (Lipinski definition) is 2. The summed E-state index contributed by atoms with van der Waals surface area (Å²) in [4.78, 5) is 0. The molecule has 2 unspecified atom stereocenters. The summed E-state index contributed by atoms with van der Waals surface area (Å²) in [6, 6.07) is 21.0. The van der Waals surface area contributed by atoms with E-state index in [9.17, 15) is 5.11 Å². The van der Waals surface area contributed by atoms with E-state index in [1.165, 1.54) is 16.7 Å². The van der Waals surface area contributed by atoms with Gasteiger partial charge < -0.3 is 5.11 Å². The van der Waals surface area contributed by atoms with Crippen LogP contribution in [-0.4, -0.2) is 28.1 Å². The topological polar surface area (TPSA) is 23.5 Å². The summed E-state index contributed by atoms with van der Waals surface area (Å²) >= 11 is 0. The lowest BCUT2D eigenvalue weighted by molar-refractivity contribution is 0.0754. The summed E-state index contributed by atoms with van der Waals surface area (Å²) in [6.07, 6.45) is 2.25. The standard InChI is InChI=1S/C24H31NOS/c1-5-25(6-2)27(18-17-22(19-27)20-13-9-7-10-14-20)23(24(3,4)26)21-15-11-8-12-16-21/h7-19,23,26H,5-6H2,1-4H3. The number of benzene rings is 2. The largest absolute Gasteiger partial charge is 0.389 e. The fraction of sp³-hybridized carbons (Fsp3) is 0.333. The predicted octanol–water partition coefficient (Wildman–Crippen LogP) is 6.13. The van der Waals surface area contributed by atoms with Crippen LogP contribution in [0.1, 0.15) is 44.1 Å². The highest BCUT2D eigenvalue weighted by molar-refractivity contribution is 8.37. The average molecular weight is 382 g/mol. The van der Waals surface area contributed by atoms with Gasteiger partial charge >= 0.3 is 0 Å². The zero-order valence-electron chi connectivity index (χ0n) is 16.8. The number of hydrogen-bond donors (Lipinski definition) is 1. The molecule has 1 aliphatic heterocycles. The van der Waals surface area contributed by atoms with Gasteiger partial charge in [0, 0.05) is 13.1 Å². The van der Waals surface area contributed by atoms with Gasteiger partial charge in [0.1, 0.15) is 0 Å². The van der Waals surface area contributed by atoms with Gasteiger partial charge in [0.25, 0.3) is 0 Å². The average Bonchev–Trinajstić information content (AvgIpc) is 3.09. The second-order valence-corrected chi connectivity index (χ2v) is 10.5. The van der Waals surface area contributed by atoms with E-state index in [4.69, 9.17) is 0 Å². The van der Waals surface area contributed by atoms with Crippen molar-refractivity contribution in [1.82, 2.24) is 4.31 Å². The van der Waals surface area contributed by atoms with E-state index in [1.54, 1.807) is 0 Å². The lowest BCUT2D eigenvalue weighted by Gasteiger charge is -2.52. The quantitative estimate of drug-likeness (QED) is 0.624. The van der Waals surface area contributed by atoms with Crippen LogP contribution in [0, 0.1) is 0 Å². The molecule has 2 nitrogen and oxygen atoms in total. The molecule has 2 aromatic carbocycles. The third kappa shape index (κ3) is 3.91. The molecule has 0 aliphatic carbocycles. The normalized spacial score (nSPS) is 23.1. The molecule has 144 valence electrons. The van der Waals surface area contributed by atoms with E-state index in [2.05, 4.69) is 89.6 Å². The molecule has 1 aliphatic rings. The minimum Gasteiger partial charge on any atom is -0.389 e. The SMILES string of the molecule is CCN(CC)S1(C(c2ccccc2)C(C)(C)O)C=CC(c2ccccc2)=C1. The Kier molecular flexibility index (Phi) is 5.95. The van der Waals surface area contributed by atoms with Crippen LogP contribution < -0.4 is 0 Å². The molecule has 27 heavy (non-hydrogen) atoms. The van der Waals surface area contributed by atoms with Gasteiger partial charge in [0.15, 0.2) is 0 Å². The lowest BCUT2D eigenvalue weighted by Crippen LogP contribution is -2.38. The van der Waals surface area contributed by atoms with E-state index in [-0.39, 0.29) is 5.25 Å². The van der Waals surface area contributed by atoms with Crippen molar-refractivity contribution in [3.63, 3.8) is 0 Å². The first-order chi connectivity index (χ1) is 12.9. The molecule has 0 bridgehead atoms. The van der Waals surface area contributed by atoms with Crippen LogP contribution in [0.25, 0.3) is 5.57 Å². The minimum absolute atomic E-state index is 0.00330. The van der Waals surface area contributed by atoms with Crippen molar-refractivity contribution in [2.75, 3.05) is 13.1 Å². The lowest BCUT2D eigenvalue weighted by atomic mass is 9.98. The van der Waals surface area contributed by atoms with Gasteiger partial charge in [-0.25, -0.2) is 0 Å². The van der Waals surface area contributed by atoms with Crippen LogP contribution in [0.15, 0.2) is 77.6 Å². The van der Waals surface area contributed by atoms with Crippen molar-refractivity contribution < 1.29 is 5.11 Å². The summed E-state index contributed by atoms with van der Waals surface area (Å²) in [6.45, 7) is 10.2. The zero-order valence-corrected chi connectivity index (χ0v) is 17.6. The summed E-state index contributed by atoms with van der Waals surface area (Å²) in [7, 11) is -1.51. The van der Waals surface area contributed by atoms with E-state index < -0.39 is 15.8 Å². The van der Waals surface area contributed by atoms with Crippen LogP contribution >= 0.6 is 10.2 Å². The number of allylic oxidation sites excluding steroid dienone is 2. The molecular weight excluding hydrogens is 350 g/mol. The molecule has 0 fully saturated rings. The third-order valence-corrected chi connectivity index (χ3v) is 9.38. The van der Waals surface area contributed by atoms with E-state index >= 15 is 0 Å². The van der Waals surface area contributed by atoms with Gasteiger partial charge in [-0.2, -0.15) is 0 Å². The molecular formula is C24H31NOS. The summed E-state index contributed by atoms with van der Waals surface area (Å²) in [5.41, 5.74) is 2.84. The predicted molar refractivity (Wildman–Crippen MR) is 120 cm³/mol. The van der Waals surface area contributed by atoms with Crippen molar-refractivity contribution in [2.24, 2.45) is 0 Å². The van der Waals surface area contributed by atoms with Crippen LogP contribution in [0.4, 0.5) is 0 Å². The van der Waals surface area contributed by atoms with Crippen molar-refractivity contribution in [1.29, 1.82) is 0 Å². The maximum absolute atomic E-state index is 11.3. The Morgan fingerprint density at radius 2 is 1.48 bits per heavy atom. The monoisotopic (exact) mass is 381 g/mol. The highest BCUT2D eigenvalue weighted by Crippen LogP contribution is 2.71. The molecule has 0 saturated carbocycles. The summed E-state index contributed by atoms with van der Waals surface area (Å²) in [5.74, 6) is 0. The summed E-state index contributed by atoms with van der Waals surface area (Å²) in [5, 5.41) is 16.1. The molecule has 0 aromatic heterocycles. The van der Waals surface area contributed by atoms with Crippen molar-refractivity contribution >= 4 is 15.8 Å². The van der Waals surface area contributed by atoms with Crippen LogP contribution in [-0.2, 0) is 0 Å². The Balaban J connectivity index is 2.19. The fourth-order valence-corrected chi connectivity index (χ4v) is 8.49. The first-order valence-corrected chi connectivity index (χ1v) is 11.5. The maximum Gasteiger partial charge on any atom is 0.0753 e. The van der Waals surface area contributed by atoms with Gasteiger partial charge in [-0.15, -0.1) is 10.2 Å². The number of nitrogens with zero attached hydrogens (tertiary/aromatic N) is 1. The van der Waals surface area contributed by atoms with E-state index in [1.807, 2.05) is 19.9 Å². The minimum atomic E-state index is -1.51. The Morgan fingerprint density at radius 3 is 2.00 bits per heavy atom. The highest BCUT2D eigenvalue weighted by Gasteiger charge is 2.45. The molecule has 0 saturated heterocycles. The summed E-state index contributed by atoms with van der Waals surface area (Å²) < 4.78 is 2.54. The van der Waals surface area contributed by atoms with E-state index in [0.29, 0.717) is 0 Å². The highest BCUT2D eigenvalue weighted by atomic mass is 32.3. The van der Waals surface area contributed by atoms with Crippen LogP contribution in [0.3, 0.4) is 0 Å². The molecule has 0 amide bonds. The van der Waals surface area contributed by atoms with Crippen molar-refractivity contribution in [2.45, 2.75) is 38.5 Å². The Bertz CT molecular complexity index is 803. The Morgan fingerprint density at radius 1 is 0.926 bits per heavy atom. The Hall–Kier alpha value is -1.81. The molecule has 1 N–H and O–H groups in total. The van der Waals surface area contributed by atoms with Crippen molar-refractivity contribution in [3.05, 3.63) is 88.7 Å². The molecule has 2 aromatic rings. The second kappa shape index (κ2) is 8.05. The van der Waals surface area contributed by atoms with Crippen LogP contribution in [0.5, 0.6) is 0 Å². The zero-order chi connectivity index (χ0) is 19.5. The number of rotatable bonds is 7. The molecule has 1 heterocycles. The molecule has 0 spiro atoms. The molecule has 3 rings (SSSR count). The van der Waals surface area contributed by atoms with Crippen LogP contribution in [0.2, 0.25) is 0 Å². The molecule has 0 radical (unpaired) electrons. The van der Waals surface area contributed by atoms with Gasteiger partial charge in [-0.3, -0.25) is 4.31 Å². The van der Waals surface area contributed by atoms with E-state index in [0.717, 1.165) is 13.1 Å².